The van der Waals surface area contributed by atoms with Gasteiger partial charge in [0.05, 0.1) is 18.5 Å². The Labute approximate surface area is 116 Å². The zero-order valence-corrected chi connectivity index (χ0v) is 11.3. The van der Waals surface area contributed by atoms with Gasteiger partial charge in [-0.1, -0.05) is 17.3 Å². The summed E-state index contributed by atoms with van der Waals surface area (Å²) in [5.41, 5.74) is 0.561. The Kier molecular flexibility index (Phi) is 4.03. The van der Waals surface area contributed by atoms with E-state index in [0.29, 0.717) is 29.9 Å². The molecule has 1 unspecified atom stereocenters. The van der Waals surface area contributed by atoms with Crippen LogP contribution >= 0.6 is 0 Å². The third kappa shape index (κ3) is 2.86. The molecule has 6 heteroatoms. The fourth-order valence-corrected chi connectivity index (χ4v) is 2.41. The molecule has 2 heterocycles. The first-order valence-electron chi connectivity index (χ1n) is 6.95. The molecule has 3 rings (SSSR count). The average molecular weight is 274 g/mol. The van der Waals surface area contributed by atoms with E-state index in [1.807, 2.05) is 12.1 Å². The van der Waals surface area contributed by atoms with E-state index in [2.05, 4.69) is 15.6 Å². The summed E-state index contributed by atoms with van der Waals surface area (Å²) >= 11 is 0. The molecule has 1 N–H and O–H groups in total. The van der Waals surface area contributed by atoms with Gasteiger partial charge < -0.3 is 10.1 Å². The van der Waals surface area contributed by atoms with E-state index in [4.69, 9.17) is 4.74 Å². The summed E-state index contributed by atoms with van der Waals surface area (Å²) in [4.78, 5) is 12.2. The lowest BCUT2D eigenvalue weighted by atomic mass is 10.1. The molecular weight excluding hydrogens is 256 g/mol. The Hall–Kier alpha value is -1.79. The molecule has 1 saturated heterocycles. The minimum atomic E-state index is -0.0819. The summed E-state index contributed by atoms with van der Waals surface area (Å²) in [6.45, 7) is 3.87. The molecule has 6 nitrogen and oxygen atoms in total. The third-order valence-electron chi connectivity index (χ3n) is 3.59. The lowest BCUT2D eigenvalue weighted by molar-refractivity contribution is 0.185. The summed E-state index contributed by atoms with van der Waals surface area (Å²) in [5.74, 6) is 0.592. The smallest absolute Gasteiger partial charge is 0.277 e. The third-order valence-corrected chi connectivity index (χ3v) is 3.59. The maximum atomic E-state index is 12.2. The van der Waals surface area contributed by atoms with Crippen molar-refractivity contribution in [3.8, 4) is 0 Å². The van der Waals surface area contributed by atoms with Crippen molar-refractivity contribution in [3.05, 3.63) is 34.6 Å². The molecule has 0 amide bonds. The van der Waals surface area contributed by atoms with Crippen molar-refractivity contribution < 1.29 is 4.74 Å². The van der Waals surface area contributed by atoms with Gasteiger partial charge in [0.1, 0.15) is 5.52 Å². The number of fused-ring (bicyclic) bond motifs is 1. The topological polar surface area (TPSA) is 69.0 Å². The molecule has 0 saturated carbocycles. The van der Waals surface area contributed by atoms with Crippen LogP contribution in [0, 0.1) is 5.92 Å². The van der Waals surface area contributed by atoms with Gasteiger partial charge >= 0.3 is 0 Å². The second kappa shape index (κ2) is 6.11. The molecule has 1 aliphatic heterocycles. The quantitative estimate of drug-likeness (QED) is 0.800. The second-order valence-corrected chi connectivity index (χ2v) is 5.07. The number of hydrogen-bond donors (Lipinski definition) is 1. The van der Waals surface area contributed by atoms with E-state index in [0.717, 1.165) is 26.2 Å². The molecule has 0 bridgehead atoms. The number of nitrogens with zero attached hydrogens (tertiary/aromatic N) is 3. The minimum Gasteiger partial charge on any atom is -0.381 e. The van der Waals surface area contributed by atoms with Crippen LogP contribution in [-0.2, 0) is 11.3 Å². The molecule has 20 heavy (non-hydrogen) atoms. The molecular formula is C14H18N4O2. The molecule has 1 atom stereocenters. The highest BCUT2D eigenvalue weighted by molar-refractivity contribution is 5.76. The van der Waals surface area contributed by atoms with Crippen molar-refractivity contribution in [2.45, 2.75) is 13.0 Å². The van der Waals surface area contributed by atoms with Crippen LogP contribution in [0.5, 0.6) is 0 Å². The van der Waals surface area contributed by atoms with E-state index in [9.17, 15) is 4.79 Å². The monoisotopic (exact) mass is 274 g/mol. The Bertz CT molecular complexity index is 634. The lowest BCUT2D eigenvalue weighted by Crippen LogP contribution is -2.32. The Balaban J connectivity index is 1.60. The summed E-state index contributed by atoms with van der Waals surface area (Å²) in [6, 6.07) is 7.28. The van der Waals surface area contributed by atoms with Gasteiger partial charge in [-0.15, -0.1) is 5.10 Å². The number of nitrogens with one attached hydrogen (secondary N) is 1. The van der Waals surface area contributed by atoms with E-state index in [-0.39, 0.29) is 5.56 Å². The van der Waals surface area contributed by atoms with Gasteiger partial charge in [0.25, 0.3) is 5.56 Å². The number of rotatable bonds is 5. The summed E-state index contributed by atoms with van der Waals surface area (Å²) in [6.07, 6.45) is 1.11. The molecule has 1 fully saturated rings. The fraction of sp³-hybridized carbons (Fsp3) is 0.500. The first-order valence-corrected chi connectivity index (χ1v) is 6.95. The molecule has 0 aliphatic carbocycles. The van der Waals surface area contributed by atoms with Gasteiger partial charge in [0.15, 0.2) is 0 Å². The molecule has 2 aromatic rings. The van der Waals surface area contributed by atoms with Gasteiger partial charge in [-0.05, 0) is 24.5 Å². The van der Waals surface area contributed by atoms with Gasteiger partial charge in [-0.3, -0.25) is 4.79 Å². The van der Waals surface area contributed by atoms with Crippen molar-refractivity contribution in [1.29, 1.82) is 0 Å². The van der Waals surface area contributed by atoms with E-state index in [1.54, 1.807) is 12.1 Å². The van der Waals surface area contributed by atoms with Crippen LogP contribution < -0.4 is 10.9 Å². The van der Waals surface area contributed by atoms with Gasteiger partial charge in [0.2, 0.25) is 0 Å². The summed E-state index contributed by atoms with van der Waals surface area (Å²) in [7, 11) is 0. The first-order chi connectivity index (χ1) is 9.84. The van der Waals surface area contributed by atoms with Crippen LogP contribution in [0.15, 0.2) is 29.1 Å². The number of benzene rings is 1. The van der Waals surface area contributed by atoms with Crippen LogP contribution in [0.4, 0.5) is 0 Å². The number of aromatic nitrogens is 3. The first kappa shape index (κ1) is 13.2. The van der Waals surface area contributed by atoms with Crippen molar-refractivity contribution in [1.82, 2.24) is 20.3 Å². The summed E-state index contributed by atoms with van der Waals surface area (Å²) in [5, 5.41) is 12.0. The second-order valence-electron chi connectivity index (χ2n) is 5.07. The highest BCUT2D eigenvalue weighted by atomic mass is 16.5. The Morgan fingerprint density at radius 1 is 1.40 bits per heavy atom. The van der Waals surface area contributed by atoms with Crippen LogP contribution in [0.1, 0.15) is 6.42 Å². The minimum absolute atomic E-state index is 0.0819. The molecule has 0 radical (unpaired) electrons. The molecule has 1 aliphatic rings. The molecule has 106 valence electrons. The number of hydrogen-bond acceptors (Lipinski definition) is 5. The van der Waals surface area contributed by atoms with Crippen molar-refractivity contribution >= 4 is 10.9 Å². The Morgan fingerprint density at radius 3 is 3.15 bits per heavy atom. The van der Waals surface area contributed by atoms with E-state index in [1.165, 1.54) is 4.68 Å². The van der Waals surface area contributed by atoms with Crippen LogP contribution in [0.2, 0.25) is 0 Å². The van der Waals surface area contributed by atoms with E-state index >= 15 is 0 Å². The predicted molar refractivity (Wildman–Crippen MR) is 75.6 cm³/mol. The molecule has 0 spiro atoms. The highest BCUT2D eigenvalue weighted by Crippen LogP contribution is 2.10. The SMILES string of the molecule is O=c1c2ccccc2nnn1CCNCC1CCOC1. The Morgan fingerprint density at radius 2 is 2.30 bits per heavy atom. The zero-order chi connectivity index (χ0) is 13.8. The van der Waals surface area contributed by atoms with Crippen molar-refractivity contribution in [2.24, 2.45) is 5.92 Å². The van der Waals surface area contributed by atoms with Gasteiger partial charge in [0, 0.05) is 19.7 Å². The lowest BCUT2D eigenvalue weighted by Gasteiger charge is -2.09. The highest BCUT2D eigenvalue weighted by Gasteiger charge is 2.14. The molecule has 1 aromatic carbocycles. The fourth-order valence-electron chi connectivity index (χ4n) is 2.41. The van der Waals surface area contributed by atoms with E-state index < -0.39 is 0 Å². The normalized spacial score (nSPS) is 18.7. The van der Waals surface area contributed by atoms with Crippen LogP contribution in [0.3, 0.4) is 0 Å². The van der Waals surface area contributed by atoms with Crippen molar-refractivity contribution in [2.75, 3.05) is 26.3 Å². The maximum Gasteiger partial charge on any atom is 0.277 e. The largest absolute Gasteiger partial charge is 0.381 e. The van der Waals surface area contributed by atoms with Crippen LogP contribution in [-0.4, -0.2) is 41.3 Å². The summed E-state index contributed by atoms with van der Waals surface area (Å²) < 4.78 is 6.74. The predicted octanol–water partition coefficient (Wildman–Crippen LogP) is 0.418. The standard InChI is InChI=1S/C14H18N4O2/c19-14-12-3-1-2-4-13(12)16-17-18(14)7-6-15-9-11-5-8-20-10-11/h1-4,11,15H,5-10H2. The maximum absolute atomic E-state index is 12.2. The van der Waals surface area contributed by atoms with Crippen molar-refractivity contribution in [3.63, 3.8) is 0 Å². The van der Waals surface area contributed by atoms with Gasteiger partial charge in [-0.2, -0.15) is 0 Å². The molecule has 1 aromatic heterocycles. The average Bonchev–Trinajstić information content (AvgIpc) is 2.99. The van der Waals surface area contributed by atoms with Crippen LogP contribution in [0.25, 0.3) is 10.9 Å². The number of ether oxygens (including phenoxy) is 1. The van der Waals surface area contributed by atoms with Gasteiger partial charge in [-0.25, -0.2) is 4.68 Å². The zero-order valence-electron chi connectivity index (χ0n) is 11.3.